The second-order valence-electron chi connectivity index (χ2n) is 5.78. The molecular formula is C16H23F2NO. The van der Waals surface area contributed by atoms with Crippen LogP contribution in [0.2, 0.25) is 0 Å². The lowest BCUT2D eigenvalue weighted by molar-refractivity contribution is 0.157. The first-order valence-corrected chi connectivity index (χ1v) is 7.44. The van der Waals surface area contributed by atoms with Crippen LogP contribution in [0, 0.1) is 17.6 Å². The van der Waals surface area contributed by atoms with Gasteiger partial charge in [0.25, 0.3) is 0 Å². The van der Waals surface area contributed by atoms with Gasteiger partial charge < -0.3 is 10.4 Å². The van der Waals surface area contributed by atoms with Crippen molar-refractivity contribution in [2.45, 2.75) is 51.2 Å². The molecule has 2 N–H and O–H groups in total. The average molecular weight is 283 g/mol. The number of hydrogen-bond donors (Lipinski definition) is 2. The van der Waals surface area contributed by atoms with E-state index in [0.717, 1.165) is 6.07 Å². The van der Waals surface area contributed by atoms with E-state index >= 15 is 0 Å². The molecular weight excluding hydrogens is 260 g/mol. The first-order valence-electron chi connectivity index (χ1n) is 7.44. The van der Waals surface area contributed by atoms with Crippen molar-refractivity contribution in [1.82, 2.24) is 5.32 Å². The van der Waals surface area contributed by atoms with Crippen molar-refractivity contribution in [1.29, 1.82) is 0 Å². The molecule has 0 spiro atoms. The van der Waals surface area contributed by atoms with Crippen LogP contribution in [0.15, 0.2) is 18.2 Å². The summed E-state index contributed by atoms with van der Waals surface area (Å²) in [5.41, 5.74) is 0.148. The van der Waals surface area contributed by atoms with Gasteiger partial charge in [-0.1, -0.05) is 25.3 Å². The highest BCUT2D eigenvalue weighted by atomic mass is 19.1. The summed E-state index contributed by atoms with van der Waals surface area (Å²) < 4.78 is 26.4. The van der Waals surface area contributed by atoms with Gasteiger partial charge in [-0.15, -0.1) is 0 Å². The summed E-state index contributed by atoms with van der Waals surface area (Å²) in [5, 5.41) is 13.3. The van der Waals surface area contributed by atoms with Crippen LogP contribution in [0.4, 0.5) is 8.78 Å². The van der Waals surface area contributed by atoms with Crippen molar-refractivity contribution in [3.05, 3.63) is 35.4 Å². The first-order chi connectivity index (χ1) is 9.58. The maximum Gasteiger partial charge on any atom is 0.131 e. The number of rotatable bonds is 5. The van der Waals surface area contributed by atoms with Crippen molar-refractivity contribution < 1.29 is 13.9 Å². The van der Waals surface area contributed by atoms with Crippen LogP contribution < -0.4 is 5.32 Å². The molecule has 2 rings (SSSR count). The highest BCUT2D eigenvalue weighted by Gasteiger charge is 2.21. The lowest BCUT2D eigenvalue weighted by Gasteiger charge is -2.29. The SMILES string of the molecule is CC(NCC(O)c1ccc(F)cc1F)C1CCCCC1. The zero-order valence-corrected chi connectivity index (χ0v) is 11.9. The zero-order valence-electron chi connectivity index (χ0n) is 11.9. The fourth-order valence-corrected chi connectivity index (χ4v) is 2.98. The predicted octanol–water partition coefficient (Wildman–Crippen LogP) is 3.56. The number of hydrogen-bond acceptors (Lipinski definition) is 2. The molecule has 4 heteroatoms. The quantitative estimate of drug-likeness (QED) is 0.866. The Labute approximate surface area is 119 Å². The molecule has 0 heterocycles. The van der Waals surface area contributed by atoms with E-state index in [-0.39, 0.29) is 5.56 Å². The summed E-state index contributed by atoms with van der Waals surface area (Å²) in [4.78, 5) is 0. The van der Waals surface area contributed by atoms with E-state index in [1.54, 1.807) is 0 Å². The lowest BCUT2D eigenvalue weighted by Crippen LogP contribution is -2.37. The molecule has 1 saturated carbocycles. The second kappa shape index (κ2) is 7.14. The van der Waals surface area contributed by atoms with Crippen molar-refractivity contribution in [2.75, 3.05) is 6.54 Å². The Morgan fingerprint density at radius 3 is 2.60 bits per heavy atom. The fraction of sp³-hybridized carbons (Fsp3) is 0.625. The first kappa shape index (κ1) is 15.4. The number of aliphatic hydroxyl groups excluding tert-OH is 1. The Balaban J connectivity index is 1.86. The minimum Gasteiger partial charge on any atom is -0.387 e. The maximum absolute atomic E-state index is 13.6. The number of halogens is 2. The number of aliphatic hydroxyl groups is 1. The van der Waals surface area contributed by atoms with Crippen LogP contribution >= 0.6 is 0 Å². The molecule has 1 fully saturated rings. The maximum atomic E-state index is 13.6. The average Bonchev–Trinajstić information content (AvgIpc) is 2.45. The molecule has 1 aromatic rings. The topological polar surface area (TPSA) is 32.3 Å². The molecule has 2 atom stereocenters. The molecule has 0 aromatic heterocycles. The van der Waals surface area contributed by atoms with Crippen LogP contribution in [0.1, 0.15) is 50.7 Å². The van der Waals surface area contributed by atoms with E-state index in [4.69, 9.17) is 0 Å². The third-order valence-corrected chi connectivity index (χ3v) is 4.31. The predicted molar refractivity (Wildman–Crippen MR) is 75.4 cm³/mol. The summed E-state index contributed by atoms with van der Waals surface area (Å²) in [5.74, 6) is -0.680. The molecule has 0 aliphatic heterocycles. The Morgan fingerprint density at radius 1 is 1.25 bits per heavy atom. The Hall–Kier alpha value is -1.00. The molecule has 112 valence electrons. The molecule has 0 saturated heterocycles. The van der Waals surface area contributed by atoms with Crippen molar-refractivity contribution in [3.63, 3.8) is 0 Å². The van der Waals surface area contributed by atoms with Crippen molar-refractivity contribution in [2.24, 2.45) is 5.92 Å². The van der Waals surface area contributed by atoms with Gasteiger partial charge in [0.2, 0.25) is 0 Å². The third kappa shape index (κ3) is 4.00. The van der Waals surface area contributed by atoms with Crippen molar-refractivity contribution in [3.8, 4) is 0 Å². The Morgan fingerprint density at radius 2 is 1.95 bits per heavy atom. The summed E-state index contributed by atoms with van der Waals surface area (Å²) in [6, 6.07) is 3.60. The Kier molecular flexibility index (Phi) is 5.49. The van der Waals surface area contributed by atoms with Crippen LogP contribution in [-0.4, -0.2) is 17.7 Å². The van der Waals surface area contributed by atoms with Crippen LogP contribution in [0.5, 0.6) is 0 Å². The molecule has 0 radical (unpaired) electrons. The molecule has 1 aliphatic carbocycles. The highest BCUT2D eigenvalue weighted by Crippen LogP contribution is 2.26. The largest absolute Gasteiger partial charge is 0.387 e. The van der Waals surface area contributed by atoms with Crippen LogP contribution in [0.3, 0.4) is 0 Å². The number of benzene rings is 1. The standard InChI is InChI=1S/C16H23F2NO/c1-11(12-5-3-2-4-6-12)19-10-16(20)14-8-7-13(17)9-15(14)18/h7-9,11-12,16,19-20H,2-6,10H2,1H3. The minimum absolute atomic E-state index is 0.148. The monoisotopic (exact) mass is 283 g/mol. The summed E-state index contributed by atoms with van der Waals surface area (Å²) in [7, 11) is 0. The van der Waals surface area contributed by atoms with E-state index in [1.807, 2.05) is 0 Å². The van der Waals surface area contributed by atoms with Gasteiger partial charge in [-0.05, 0) is 31.7 Å². The van der Waals surface area contributed by atoms with Gasteiger partial charge in [0.15, 0.2) is 0 Å². The van der Waals surface area contributed by atoms with E-state index < -0.39 is 17.7 Å². The Bertz CT molecular complexity index is 432. The molecule has 20 heavy (non-hydrogen) atoms. The van der Waals surface area contributed by atoms with E-state index in [2.05, 4.69) is 12.2 Å². The van der Waals surface area contributed by atoms with E-state index in [9.17, 15) is 13.9 Å². The van der Waals surface area contributed by atoms with Gasteiger partial charge in [-0.2, -0.15) is 0 Å². The molecule has 2 nitrogen and oxygen atoms in total. The second-order valence-corrected chi connectivity index (χ2v) is 5.78. The van der Waals surface area contributed by atoms with Gasteiger partial charge in [-0.25, -0.2) is 8.78 Å². The number of nitrogens with one attached hydrogen (secondary N) is 1. The minimum atomic E-state index is -0.943. The normalized spacial score (nSPS) is 19.8. The zero-order chi connectivity index (χ0) is 14.5. The van der Waals surface area contributed by atoms with Gasteiger partial charge in [0.05, 0.1) is 6.10 Å². The van der Waals surface area contributed by atoms with E-state index in [0.29, 0.717) is 18.5 Å². The smallest absolute Gasteiger partial charge is 0.131 e. The highest BCUT2D eigenvalue weighted by molar-refractivity contribution is 5.21. The van der Waals surface area contributed by atoms with E-state index in [1.165, 1.54) is 44.2 Å². The summed E-state index contributed by atoms with van der Waals surface area (Å²) in [6.07, 6.45) is 5.34. The van der Waals surface area contributed by atoms with Crippen molar-refractivity contribution >= 4 is 0 Å². The molecule has 0 bridgehead atoms. The lowest BCUT2D eigenvalue weighted by atomic mass is 9.84. The van der Waals surface area contributed by atoms with Gasteiger partial charge >= 0.3 is 0 Å². The van der Waals surface area contributed by atoms with Crippen LogP contribution in [0.25, 0.3) is 0 Å². The summed E-state index contributed by atoms with van der Waals surface area (Å²) >= 11 is 0. The molecule has 2 unspecified atom stereocenters. The van der Waals surface area contributed by atoms with Gasteiger partial charge in [0, 0.05) is 24.2 Å². The molecule has 1 aliphatic rings. The van der Waals surface area contributed by atoms with Crippen LogP contribution in [-0.2, 0) is 0 Å². The molecule has 1 aromatic carbocycles. The van der Waals surface area contributed by atoms with Gasteiger partial charge in [-0.3, -0.25) is 0 Å². The fourth-order valence-electron chi connectivity index (χ4n) is 2.98. The van der Waals surface area contributed by atoms with Gasteiger partial charge in [0.1, 0.15) is 11.6 Å². The molecule has 0 amide bonds. The third-order valence-electron chi connectivity index (χ3n) is 4.31. The summed E-state index contributed by atoms with van der Waals surface area (Å²) in [6.45, 7) is 2.41.